The Labute approximate surface area is 116 Å². The zero-order valence-electron chi connectivity index (χ0n) is 11.0. The summed E-state index contributed by atoms with van der Waals surface area (Å²) in [5.41, 5.74) is 16.1. The van der Waals surface area contributed by atoms with Gasteiger partial charge in [0, 0.05) is 29.2 Å². The number of anilines is 2. The number of hydrogen-bond acceptors (Lipinski definition) is 4. The predicted molar refractivity (Wildman–Crippen MR) is 80.1 cm³/mol. The summed E-state index contributed by atoms with van der Waals surface area (Å²) < 4.78 is 2.28. The molecule has 0 aliphatic heterocycles. The molecule has 2 heterocycles. The number of pyridine rings is 1. The molecule has 0 saturated heterocycles. The maximum Gasteiger partial charge on any atom is 0.141 e. The fraction of sp³-hybridized carbons (Fsp3) is 0.200. The second-order valence-electron chi connectivity index (χ2n) is 5.29. The average molecular weight is 265 g/mol. The van der Waals surface area contributed by atoms with E-state index in [2.05, 4.69) is 9.55 Å². The molecular weight excluding hydrogens is 250 g/mol. The summed E-state index contributed by atoms with van der Waals surface area (Å²) in [4.78, 5) is 8.87. The van der Waals surface area contributed by atoms with Gasteiger partial charge >= 0.3 is 0 Å². The molecule has 1 aliphatic carbocycles. The minimum absolute atomic E-state index is 0.528. The van der Waals surface area contributed by atoms with Crippen LogP contribution in [0.3, 0.4) is 0 Å². The number of aromatic nitrogens is 3. The first-order valence-corrected chi connectivity index (χ1v) is 6.71. The Morgan fingerprint density at radius 2 is 1.85 bits per heavy atom. The lowest BCUT2D eigenvalue weighted by atomic mass is 10.1. The van der Waals surface area contributed by atoms with Crippen LogP contribution in [0, 0.1) is 0 Å². The number of benzene rings is 1. The Bertz CT molecular complexity index is 781. The van der Waals surface area contributed by atoms with Crippen LogP contribution >= 0.6 is 0 Å². The first-order chi connectivity index (χ1) is 9.72. The van der Waals surface area contributed by atoms with Gasteiger partial charge in [-0.2, -0.15) is 0 Å². The molecular formula is C15H15N5. The number of fused-ring (bicyclic) bond motifs is 1. The minimum atomic E-state index is 0.528. The minimum Gasteiger partial charge on any atom is -0.399 e. The van der Waals surface area contributed by atoms with Gasteiger partial charge < -0.3 is 16.0 Å². The van der Waals surface area contributed by atoms with Gasteiger partial charge in [0.1, 0.15) is 11.3 Å². The highest BCUT2D eigenvalue weighted by atomic mass is 15.1. The van der Waals surface area contributed by atoms with Crippen LogP contribution in [0.5, 0.6) is 0 Å². The summed E-state index contributed by atoms with van der Waals surface area (Å²) in [7, 11) is 0. The molecule has 1 fully saturated rings. The number of nitrogen functional groups attached to an aromatic ring is 2. The maximum absolute atomic E-state index is 5.90. The third kappa shape index (κ3) is 1.71. The molecule has 20 heavy (non-hydrogen) atoms. The van der Waals surface area contributed by atoms with Crippen LogP contribution in [0.1, 0.15) is 18.9 Å². The van der Waals surface area contributed by atoms with Crippen LogP contribution in [0.25, 0.3) is 22.4 Å². The van der Waals surface area contributed by atoms with Gasteiger partial charge in [0.25, 0.3) is 0 Å². The van der Waals surface area contributed by atoms with E-state index in [4.69, 9.17) is 16.5 Å². The summed E-state index contributed by atoms with van der Waals surface area (Å²) in [6.07, 6.45) is 5.99. The summed E-state index contributed by atoms with van der Waals surface area (Å²) >= 11 is 0. The van der Waals surface area contributed by atoms with Crippen LogP contribution in [0.4, 0.5) is 11.4 Å². The fourth-order valence-electron chi connectivity index (χ4n) is 2.66. The van der Waals surface area contributed by atoms with Crippen molar-refractivity contribution < 1.29 is 0 Å². The van der Waals surface area contributed by atoms with Gasteiger partial charge in [0.2, 0.25) is 0 Å². The van der Waals surface area contributed by atoms with Gasteiger partial charge in [0.15, 0.2) is 0 Å². The van der Waals surface area contributed by atoms with Crippen molar-refractivity contribution in [2.45, 2.75) is 18.9 Å². The summed E-state index contributed by atoms with van der Waals surface area (Å²) in [5.74, 6) is 0.925. The summed E-state index contributed by atoms with van der Waals surface area (Å²) in [6.45, 7) is 0. The van der Waals surface area contributed by atoms with E-state index in [0.29, 0.717) is 17.4 Å². The summed E-state index contributed by atoms with van der Waals surface area (Å²) in [5, 5.41) is 0. The highest BCUT2D eigenvalue weighted by molar-refractivity contribution is 5.81. The second kappa shape index (κ2) is 3.96. The number of rotatable bonds is 2. The SMILES string of the molecule is Nc1cc(N)cc(-c2nc3cnccc3n2C2CC2)c1. The van der Waals surface area contributed by atoms with Crippen LogP contribution in [-0.2, 0) is 0 Å². The molecule has 3 aromatic rings. The Hall–Kier alpha value is -2.56. The third-order valence-corrected chi connectivity index (χ3v) is 3.64. The number of imidazole rings is 1. The lowest BCUT2D eigenvalue weighted by Gasteiger charge is -2.09. The molecule has 5 heteroatoms. The number of nitrogens with zero attached hydrogens (tertiary/aromatic N) is 3. The van der Waals surface area contributed by atoms with E-state index < -0.39 is 0 Å². The van der Waals surface area contributed by atoms with Crippen molar-refractivity contribution >= 4 is 22.4 Å². The zero-order valence-corrected chi connectivity index (χ0v) is 11.0. The Balaban J connectivity index is 2.01. The average Bonchev–Trinajstić information content (AvgIpc) is 3.17. The van der Waals surface area contributed by atoms with Gasteiger partial charge in [-0.1, -0.05) is 0 Å². The molecule has 0 bridgehead atoms. The lowest BCUT2D eigenvalue weighted by Crippen LogP contribution is -1.99. The molecule has 0 atom stereocenters. The van der Waals surface area contributed by atoms with Gasteiger partial charge in [-0.05, 0) is 37.1 Å². The van der Waals surface area contributed by atoms with E-state index in [1.54, 1.807) is 18.5 Å². The first kappa shape index (κ1) is 11.3. The lowest BCUT2D eigenvalue weighted by molar-refractivity contribution is 0.775. The van der Waals surface area contributed by atoms with Crippen molar-refractivity contribution in [1.82, 2.24) is 14.5 Å². The zero-order chi connectivity index (χ0) is 13.7. The molecule has 4 N–H and O–H groups in total. The predicted octanol–water partition coefficient (Wildman–Crippen LogP) is 2.60. The first-order valence-electron chi connectivity index (χ1n) is 6.71. The molecule has 100 valence electrons. The van der Waals surface area contributed by atoms with Gasteiger partial charge in [-0.3, -0.25) is 4.98 Å². The summed E-state index contributed by atoms with van der Waals surface area (Å²) in [6, 6.07) is 8.14. The van der Waals surface area contributed by atoms with E-state index in [9.17, 15) is 0 Å². The van der Waals surface area contributed by atoms with Crippen molar-refractivity contribution in [2.24, 2.45) is 0 Å². The molecule has 0 amide bonds. The normalized spacial score (nSPS) is 14.8. The molecule has 1 aromatic carbocycles. The molecule has 2 aromatic heterocycles. The van der Waals surface area contributed by atoms with E-state index in [1.807, 2.05) is 18.2 Å². The van der Waals surface area contributed by atoms with Crippen LogP contribution < -0.4 is 11.5 Å². The number of hydrogen-bond donors (Lipinski definition) is 2. The fourth-order valence-corrected chi connectivity index (χ4v) is 2.66. The van der Waals surface area contributed by atoms with E-state index in [-0.39, 0.29) is 0 Å². The highest BCUT2D eigenvalue weighted by Crippen LogP contribution is 2.41. The molecule has 0 spiro atoms. The Morgan fingerprint density at radius 1 is 1.10 bits per heavy atom. The molecule has 4 rings (SSSR count). The topological polar surface area (TPSA) is 82.8 Å². The molecule has 0 radical (unpaired) electrons. The van der Waals surface area contributed by atoms with Gasteiger partial charge in [0.05, 0.1) is 11.7 Å². The standard InChI is InChI=1S/C15H15N5/c16-10-5-9(6-11(17)7-10)15-19-13-8-18-4-3-14(13)20(15)12-1-2-12/h3-8,12H,1-2,16-17H2. The Morgan fingerprint density at radius 3 is 2.55 bits per heavy atom. The van der Waals surface area contributed by atoms with Crippen molar-refractivity contribution in [3.63, 3.8) is 0 Å². The second-order valence-corrected chi connectivity index (χ2v) is 5.29. The van der Waals surface area contributed by atoms with Crippen molar-refractivity contribution in [3.05, 3.63) is 36.7 Å². The van der Waals surface area contributed by atoms with Crippen LogP contribution in [-0.4, -0.2) is 14.5 Å². The molecule has 1 saturated carbocycles. The molecule has 5 nitrogen and oxygen atoms in total. The Kier molecular flexibility index (Phi) is 2.24. The van der Waals surface area contributed by atoms with Crippen molar-refractivity contribution in [2.75, 3.05) is 11.5 Å². The monoisotopic (exact) mass is 265 g/mol. The van der Waals surface area contributed by atoms with Gasteiger partial charge in [-0.25, -0.2) is 4.98 Å². The largest absolute Gasteiger partial charge is 0.399 e. The molecule has 0 unspecified atom stereocenters. The quantitative estimate of drug-likeness (QED) is 0.698. The number of nitrogens with two attached hydrogens (primary N) is 2. The van der Waals surface area contributed by atoms with Crippen LogP contribution in [0.2, 0.25) is 0 Å². The van der Waals surface area contributed by atoms with E-state index >= 15 is 0 Å². The van der Waals surface area contributed by atoms with E-state index in [1.165, 1.54) is 12.8 Å². The van der Waals surface area contributed by atoms with Gasteiger partial charge in [-0.15, -0.1) is 0 Å². The maximum atomic E-state index is 5.90. The van der Waals surface area contributed by atoms with Crippen LogP contribution in [0.15, 0.2) is 36.7 Å². The third-order valence-electron chi connectivity index (χ3n) is 3.64. The molecule has 1 aliphatic rings. The van der Waals surface area contributed by atoms with Crippen molar-refractivity contribution in [3.8, 4) is 11.4 Å². The van der Waals surface area contributed by atoms with Crippen molar-refractivity contribution in [1.29, 1.82) is 0 Å². The van der Waals surface area contributed by atoms with E-state index in [0.717, 1.165) is 22.4 Å². The highest BCUT2D eigenvalue weighted by Gasteiger charge is 2.28. The smallest absolute Gasteiger partial charge is 0.141 e.